The van der Waals surface area contributed by atoms with E-state index in [0.717, 1.165) is 5.69 Å². The number of aromatic nitrogens is 1. The first-order chi connectivity index (χ1) is 8.00. The molecule has 17 heavy (non-hydrogen) atoms. The van der Waals surface area contributed by atoms with Crippen LogP contribution in [0.2, 0.25) is 0 Å². The minimum absolute atomic E-state index is 0.587. The molecule has 0 bridgehead atoms. The highest BCUT2D eigenvalue weighted by Crippen LogP contribution is 2.29. The Bertz CT molecular complexity index is 571. The van der Waals surface area contributed by atoms with Crippen molar-refractivity contribution in [2.45, 2.75) is 27.7 Å². The Morgan fingerprint density at radius 2 is 1.65 bits per heavy atom. The van der Waals surface area contributed by atoms with Crippen molar-refractivity contribution in [3.63, 3.8) is 0 Å². The minimum atomic E-state index is 0.587. The molecule has 0 radical (unpaired) electrons. The van der Waals surface area contributed by atoms with Gasteiger partial charge in [-0.2, -0.15) is 0 Å². The molecule has 0 atom stereocenters. The lowest BCUT2D eigenvalue weighted by Crippen LogP contribution is -1.99. The van der Waals surface area contributed by atoms with E-state index in [4.69, 9.17) is 5.73 Å². The Morgan fingerprint density at radius 1 is 0.941 bits per heavy atom. The number of hydrogen-bond acceptors (Lipinski definition) is 2. The van der Waals surface area contributed by atoms with Gasteiger partial charge in [-0.05, 0) is 56.0 Å². The predicted molar refractivity (Wildman–Crippen MR) is 73.0 cm³/mol. The quantitative estimate of drug-likeness (QED) is 0.807. The Hall–Kier alpha value is -1.83. The fourth-order valence-electron chi connectivity index (χ4n) is 2.03. The molecule has 0 fully saturated rings. The molecule has 0 amide bonds. The van der Waals surface area contributed by atoms with Crippen LogP contribution in [0.15, 0.2) is 24.3 Å². The van der Waals surface area contributed by atoms with E-state index in [9.17, 15) is 0 Å². The molecule has 1 aromatic heterocycles. The number of anilines is 1. The summed E-state index contributed by atoms with van der Waals surface area (Å²) in [5.41, 5.74) is 13.0. The summed E-state index contributed by atoms with van der Waals surface area (Å²) in [5, 5.41) is 0. The van der Waals surface area contributed by atoms with E-state index in [1.165, 1.54) is 27.8 Å². The lowest BCUT2D eigenvalue weighted by molar-refractivity contribution is 1.21. The summed E-state index contributed by atoms with van der Waals surface area (Å²) in [6, 6.07) is 8.21. The number of rotatable bonds is 1. The van der Waals surface area contributed by atoms with Gasteiger partial charge < -0.3 is 5.73 Å². The molecule has 0 saturated carbocycles. The van der Waals surface area contributed by atoms with Crippen LogP contribution in [0.4, 0.5) is 5.82 Å². The van der Waals surface area contributed by atoms with Crippen LogP contribution in [0.25, 0.3) is 11.3 Å². The molecule has 2 aromatic rings. The standard InChI is InChI=1S/C15H18N2/c1-9-6-5-7-13(11(9)3)15-12(4)10(2)8-14(16)17-15/h5-8H,1-4H3,(H2,16,17). The van der Waals surface area contributed by atoms with Gasteiger partial charge in [0, 0.05) is 5.56 Å². The van der Waals surface area contributed by atoms with E-state index in [1.54, 1.807) is 0 Å². The number of nitrogens with zero attached hydrogens (tertiary/aromatic N) is 1. The fourth-order valence-corrected chi connectivity index (χ4v) is 2.03. The molecule has 0 aliphatic rings. The number of nitrogens with two attached hydrogens (primary N) is 1. The first kappa shape index (κ1) is 11.6. The van der Waals surface area contributed by atoms with Crippen LogP contribution in [0.5, 0.6) is 0 Å². The third-order valence-electron chi connectivity index (χ3n) is 3.41. The topological polar surface area (TPSA) is 38.9 Å². The van der Waals surface area contributed by atoms with Gasteiger partial charge in [0.05, 0.1) is 5.69 Å². The molecule has 2 rings (SSSR count). The maximum atomic E-state index is 5.84. The molecule has 2 heteroatoms. The van der Waals surface area contributed by atoms with E-state index in [-0.39, 0.29) is 0 Å². The first-order valence-electron chi connectivity index (χ1n) is 5.81. The molecule has 1 heterocycles. The molecule has 88 valence electrons. The summed E-state index contributed by atoms with van der Waals surface area (Å²) in [4.78, 5) is 4.48. The van der Waals surface area contributed by atoms with Gasteiger partial charge in [-0.15, -0.1) is 0 Å². The van der Waals surface area contributed by atoms with Crippen LogP contribution in [0, 0.1) is 27.7 Å². The fraction of sp³-hybridized carbons (Fsp3) is 0.267. The maximum absolute atomic E-state index is 5.84. The molecule has 1 aromatic carbocycles. The molecular weight excluding hydrogens is 208 g/mol. The summed E-state index contributed by atoms with van der Waals surface area (Å²) in [6.07, 6.45) is 0. The second-order valence-electron chi connectivity index (χ2n) is 4.59. The number of nitrogen functional groups attached to an aromatic ring is 1. The van der Waals surface area contributed by atoms with Crippen molar-refractivity contribution in [2.75, 3.05) is 5.73 Å². The van der Waals surface area contributed by atoms with Crippen molar-refractivity contribution >= 4 is 5.82 Å². The van der Waals surface area contributed by atoms with E-state index in [2.05, 4.69) is 50.9 Å². The van der Waals surface area contributed by atoms with Gasteiger partial charge in [0.25, 0.3) is 0 Å². The number of aryl methyl sites for hydroxylation is 2. The van der Waals surface area contributed by atoms with Crippen LogP contribution in [-0.2, 0) is 0 Å². The Labute approximate surface area is 103 Å². The normalized spacial score (nSPS) is 10.6. The summed E-state index contributed by atoms with van der Waals surface area (Å²) >= 11 is 0. The van der Waals surface area contributed by atoms with E-state index >= 15 is 0 Å². The molecule has 0 spiro atoms. The van der Waals surface area contributed by atoms with Gasteiger partial charge in [-0.25, -0.2) is 4.98 Å². The van der Waals surface area contributed by atoms with Crippen LogP contribution >= 0.6 is 0 Å². The predicted octanol–water partition coefficient (Wildman–Crippen LogP) is 3.56. The Balaban J connectivity index is 2.73. The third kappa shape index (κ3) is 2.03. The molecular formula is C15H18N2. The molecule has 0 saturated heterocycles. The SMILES string of the molecule is Cc1cccc(-c2nc(N)cc(C)c2C)c1C. The smallest absolute Gasteiger partial charge is 0.124 e. The van der Waals surface area contributed by atoms with Gasteiger partial charge in [0.15, 0.2) is 0 Å². The second-order valence-corrected chi connectivity index (χ2v) is 4.59. The maximum Gasteiger partial charge on any atom is 0.124 e. The van der Waals surface area contributed by atoms with Gasteiger partial charge in [-0.1, -0.05) is 18.2 Å². The van der Waals surface area contributed by atoms with Crippen molar-refractivity contribution < 1.29 is 0 Å². The summed E-state index contributed by atoms with van der Waals surface area (Å²) in [7, 11) is 0. The van der Waals surface area contributed by atoms with E-state index < -0.39 is 0 Å². The molecule has 2 N–H and O–H groups in total. The monoisotopic (exact) mass is 226 g/mol. The van der Waals surface area contributed by atoms with Crippen molar-refractivity contribution in [3.8, 4) is 11.3 Å². The summed E-state index contributed by atoms with van der Waals surface area (Å²) in [5.74, 6) is 0.587. The van der Waals surface area contributed by atoms with Crippen molar-refractivity contribution in [1.29, 1.82) is 0 Å². The summed E-state index contributed by atoms with van der Waals surface area (Å²) in [6.45, 7) is 8.42. The summed E-state index contributed by atoms with van der Waals surface area (Å²) < 4.78 is 0. The van der Waals surface area contributed by atoms with Crippen LogP contribution < -0.4 is 5.73 Å². The van der Waals surface area contributed by atoms with Crippen LogP contribution in [0.1, 0.15) is 22.3 Å². The number of pyridine rings is 1. The number of hydrogen-bond donors (Lipinski definition) is 1. The molecule has 2 nitrogen and oxygen atoms in total. The average Bonchev–Trinajstić information content (AvgIpc) is 2.27. The largest absolute Gasteiger partial charge is 0.384 e. The molecule has 0 unspecified atom stereocenters. The average molecular weight is 226 g/mol. The molecule has 0 aliphatic carbocycles. The van der Waals surface area contributed by atoms with Gasteiger partial charge in [0.2, 0.25) is 0 Å². The van der Waals surface area contributed by atoms with Gasteiger partial charge >= 0.3 is 0 Å². The van der Waals surface area contributed by atoms with Crippen molar-refractivity contribution in [3.05, 3.63) is 46.5 Å². The Morgan fingerprint density at radius 3 is 2.35 bits per heavy atom. The highest BCUT2D eigenvalue weighted by atomic mass is 14.8. The zero-order valence-electron chi connectivity index (χ0n) is 10.8. The zero-order valence-corrected chi connectivity index (χ0v) is 10.8. The minimum Gasteiger partial charge on any atom is -0.384 e. The third-order valence-corrected chi connectivity index (χ3v) is 3.41. The second kappa shape index (κ2) is 4.21. The zero-order chi connectivity index (χ0) is 12.6. The van der Waals surface area contributed by atoms with Gasteiger partial charge in [0.1, 0.15) is 5.82 Å². The lowest BCUT2D eigenvalue weighted by Gasteiger charge is -2.13. The van der Waals surface area contributed by atoms with Crippen molar-refractivity contribution in [2.24, 2.45) is 0 Å². The van der Waals surface area contributed by atoms with Crippen LogP contribution in [-0.4, -0.2) is 4.98 Å². The van der Waals surface area contributed by atoms with E-state index in [0.29, 0.717) is 5.82 Å². The van der Waals surface area contributed by atoms with E-state index in [1.807, 2.05) is 6.07 Å². The van der Waals surface area contributed by atoms with Gasteiger partial charge in [-0.3, -0.25) is 0 Å². The highest BCUT2D eigenvalue weighted by Gasteiger charge is 2.10. The highest BCUT2D eigenvalue weighted by molar-refractivity contribution is 5.70. The Kier molecular flexibility index (Phi) is 2.88. The molecule has 0 aliphatic heterocycles. The number of benzene rings is 1. The van der Waals surface area contributed by atoms with Crippen molar-refractivity contribution in [1.82, 2.24) is 4.98 Å². The van der Waals surface area contributed by atoms with Crippen LogP contribution in [0.3, 0.4) is 0 Å². The first-order valence-corrected chi connectivity index (χ1v) is 5.81. The lowest BCUT2D eigenvalue weighted by atomic mass is 9.96.